The maximum atomic E-state index is 12.5. The smallest absolute Gasteiger partial charge is 0.329 e. The first-order valence-electron chi connectivity index (χ1n) is 8.70. The minimum atomic E-state index is -1.18. The number of hydrogen-bond donors (Lipinski definition) is 3. The van der Waals surface area contributed by atoms with Crippen LogP contribution in [0.4, 0.5) is 0 Å². The van der Waals surface area contributed by atoms with Crippen molar-refractivity contribution in [2.24, 2.45) is 0 Å². The zero-order chi connectivity index (χ0) is 18.4. The van der Waals surface area contributed by atoms with Crippen LogP contribution in [0.25, 0.3) is 0 Å². The fourth-order valence-electron chi connectivity index (χ4n) is 3.35. The number of aryl methyl sites for hydroxylation is 1. The summed E-state index contributed by atoms with van der Waals surface area (Å²) in [6, 6.07) is 7.10. The van der Waals surface area contributed by atoms with Crippen molar-refractivity contribution in [3.63, 3.8) is 0 Å². The molecule has 25 heavy (non-hydrogen) atoms. The Bertz CT molecular complexity index is 633. The predicted octanol–water partition coefficient (Wildman–Crippen LogP) is 2.47. The van der Waals surface area contributed by atoms with E-state index >= 15 is 0 Å². The Morgan fingerprint density at radius 1 is 1.12 bits per heavy atom. The molecule has 0 aliphatic heterocycles. The summed E-state index contributed by atoms with van der Waals surface area (Å²) in [6.45, 7) is 3.36. The van der Waals surface area contributed by atoms with Gasteiger partial charge in [0.25, 0.3) is 0 Å². The normalized spacial score (nSPS) is 17.4. The minimum Gasteiger partial charge on any atom is -0.480 e. The van der Waals surface area contributed by atoms with Crippen LogP contribution in [-0.2, 0) is 14.4 Å². The monoisotopic (exact) mass is 346 g/mol. The van der Waals surface area contributed by atoms with Crippen molar-refractivity contribution in [3.05, 3.63) is 35.4 Å². The van der Waals surface area contributed by atoms with Gasteiger partial charge in [-0.2, -0.15) is 0 Å². The Balaban J connectivity index is 2.11. The van der Waals surface area contributed by atoms with E-state index in [0.717, 1.165) is 30.4 Å². The van der Waals surface area contributed by atoms with E-state index in [-0.39, 0.29) is 18.2 Å². The molecule has 2 amide bonds. The van der Waals surface area contributed by atoms with E-state index in [2.05, 4.69) is 10.6 Å². The third-order valence-corrected chi connectivity index (χ3v) is 4.74. The second kappa shape index (κ2) is 8.14. The molecule has 1 aromatic rings. The van der Waals surface area contributed by atoms with E-state index in [1.54, 1.807) is 0 Å². The molecule has 1 aliphatic rings. The second-order valence-electron chi connectivity index (χ2n) is 6.86. The summed E-state index contributed by atoms with van der Waals surface area (Å²) < 4.78 is 0. The van der Waals surface area contributed by atoms with Crippen molar-refractivity contribution in [2.45, 2.75) is 64.0 Å². The minimum absolute atomic E-state index is 0.0116. The summed E-state index contributed by atoms with van der Waals surface area (Å²) in [5.41, 5.74) is 0.731. The zero-order valence-electron chi connectivity index (χ0n) is 14.8. The fourth-order valence-corrected chi connectivity index (χ4v) is 3.35. The standard InChI is InChI=1S/C19H26N2O4/c1-13-6-8-15(9-7-13)16(20-14(2)22)12-17(23)21-19(18(24)25)10-4-3-5-11-19/h6-9,16H,3-5,10-12H2,1-2H3,(H,20,22)(H,21,23)(H,24,25)/t16-/m0/s1. The van der Waals surface area contributed by atoms with Crippen molar-refractivity contribution in [2.75, 3.05) is 0 Å². The van der Waals surface area contributed by atoms with Crippen LogP contribution in [0.5, 0.6) is 0 Å². The van der Waals surface area contributed by atoms with Crippen LogP contribution >= 0.6 is 0 Å². The van der Waals surface area contributed by atoms with Crippen LogP contribution in [0.1, 0.15) is 62.6 Å². The number of carbonyl (C=O) groups is 3. The molecule has 0 spiro atoms. The Kier molecular flexibility index (Phi) is 6.17. The van der Waals surface area contributed by atoms with Gasteiger partial charge in [0.05, 0.1) is 12.5 Å². The van der Waals surface area contributed by atoms with Crippen molar-refractivity contribution in [3.8, 4) is 0 Å². The number of carbonyl (C=O) groups excluding carboxylic acids is 2. The van der Waals surface area contributed by atoms with E-state index in [1.807, 2.05) is 31.2 Å². The highest BCUT2D eigenvalue weighted by Crippen LogP contribution is 2.29. The molecule has 1 saturated carbocycles. The average molecular weight is 346 g/mol. The first kappa shape index (κ1) is 19.0. The molecular formula is C19H26N2O4. The van der Waals surface area contributed by atoms with Crippen molar-refractivity contribution in [1.82, 2.24) is 10.6 Å². The van der Waals surface area contributed by atoms with Gasteiger partial charge in [-0.05, 0) is 25.3 Å². The van der Waals surface area contributed by atoms with Crippen molar-refractivity contribution >= 4 is 17.8 Å². The van der Waals surface area contributed by atoms with Crippen LogP contribution in [0.2, 0.25) is 0 Å². The molecule has 0 saturated heterocycles. The van der Waals surface area contributed by atoms with Crippen LogP contribution in [0.3, 0.4) is 0 Å². The number of amides is 2. The number of carboxylic acids is 1. The van der Waals surface area contributed by atoms with Gasteiger partial charge in [-0.3, -0.25) is 9.59 Å². The molecule has 0 unspecified atom stereocenters. The number of hydrogen-bond acceptors (Lipinski definition) is 3. The van der Waals surface area contributed by atoms with E-state index < -0.39 is 17.6 Å². The number of benzene rings is 1. The van der Waals surface area contributed by atoms with Crippen LogP contribution in [-0.4, -0.2) is 28.4 Å². The number of rotatable bonds is 6. The van der Waals surface area contributed by atoms with E-state index in [4.69, 9.17) is 0 Å². The molecule has 6 heteroatoms. The molecule has 1 fully saturated rings. The molecular weight excluding hydrogens is 320 g/mol. The largest absolute Gasteiger partial charge is 0.480 e. The lowest BCUT2D eigenvalue weighted by Crippen LogP contribution is -2.56. The van der Waals surface area contributed by atoms with Gasteiger partial charge in [-0.25, -0.2) is 4.79 Å². The lowest BCUT2D eigenvalue weighted by molar-refractivity contribution is -0.149. The predicted molar refractivity (Wildman–Crippen MR) is 93.9 cm³/mol. The van der Waals surface area contributed by atoms with Crippen LogP contribution < -0.4 is 10.6 Å². The highest BCUT2D eigenvalue weighted by Gasteiger charge is 2.41. The molecule has 1 atom stereocenters. The number of nitrogens with one attached hydrogen (secondary N) is 2. The van der Waals surface area contributed by atoms with Gasteiger partial charge < -0.3 is 15.7 Å². The molecule has 136 valence electrons. The molecule has 0 radical (unpaired) electrons. The van der Waals surface area contributed by atoms with Gasteiger partial charge in [-0.15, -0.1) is 0 Å². The highest BCUT2D eigenvalue weighted by atomic mass is 16.4. The van der Waals surface area contributed by atoms with Crippen molar-refractivity contribution < 1.29 is 19.5 Å². The third-order valence-electron chi connectivity index (χ3n) is 4.74. The first-order chi connectivity index (χ1) is 11.8. The molecule has 3 N–H and O–H groups in total. The van der Waals surface area contributed by atoms with Gasteiger partial charge in [-0.1, -0.05) is 49.1 Å². The fraction of sp³-hybridized carbons (Fsp3) is 0.526. The summed E-state index contributed by atoms with van der Waals surface area (Å²) in [5, 5.41) is 15.1. The van der Waals surface area contributed by atoms with Gasteiger partial charge in [0, 0.05) is 6.92 Å². The summed E-state index contributed by atoms with van der Waals surface area (Å²) >= 11 is 0. The van der Waals surface area contributed by atoms with Gasteiger partial charge >= 0.3 is 5.97 Å². The third kappa shape index (κ3) is 5.05. The lowest BCUT2D eigenvalue weighted by Gasteiger charge is -2.34. The van der Waals surface area contributed by atoms with E-state index in [1.165, 1.54) is 6.92 Å². The summed E-state index contributed by atoms with van der Waals surface area (Å²) in [7, 11) is 0. The topological polar surface area (TPSA) is 95.5 Å². The Morgan fingerprint density at radius 2 is 1.72 bits per heavy atom. The second-order valence-corrected chi connectivity index (χ2v) is 6.86. The Hall–Kier alpha value is -2.37. The van der Waals surface area contributed by atoms with Gasteiger partial charge in [0.1, 0.15) is 5.54 Å². The maximum Gasteiger partial charge on any atom is 0.329 e. The molecule has 1 aliphatic carbocycles. The lowest BCUT2D eigenvalue weighted by atomic mass is 9.81. The molecule has 1 aromatic carbocycles. The summed E-state index contributed by atoms with van der Waals surface area (Å²) in [6.07, 6.45) is 3.48. The number of aliphatic carboxylic acids is 1. The van der Waals surface area contributed by atoms with Crippen LogP contribution in [0, 0.1) is 6.92 Å². The van der Waals surface area contributed by atoms with E-state index in [9.17, 15) is 19.5 Å². The summed E-state index contributed by atoms with van der Waals surface area (Å²) in [4.78, 5) is 35.7. The SMILES string of the molecule is CC(=O)N[C@@H](CC(=O)NC1(C(=O)O)CCCCC1)c1ccc(C)cc1. The molecule has 2 rings (SSSR count). The number of carboxylic acid groups (broad SMARTS) is 1. The quantitative estimate of drug-likeness (QED) is 0.737. The van der Waals surface area contributed by atoms with Crippen LogP contribution in [0.15, 0.2) is 24.3 Å². The first-order valence-corrected chi connectivity index (χ1v) is 8.70. The molecule has 0 heterocycles. The average Bonchev–Trinajstić information content (AvgIpc) is 2.55. The highest BCUT2D eigenvalue weighted by molar-refractivity contribution is 5.87. The maximum absolute atomic E-state index is 12.5. The zero-order valence-corrected chi connectivity index (χ0v) is 14.8. The Morgan fingerprint density at radius 3 is 2.24 bits per heavy atom. The molecule has 0 bridgehead atoms. The van der Waals surface area contributed by atoms with E-state index in [0.29, 0.717) is 12.8 Å². The van der Waals surface area contributed by atoms with Gasteiger partial charge in [0.15, 0.2) is 0 Å². The van der Waals surface area contributed by atoms with Gasteiger partial charge in [0.2, 0.25) is 11.8 Å². The molecule has 0 aromatic heterocycles. The summed E-state index contributed by atoms with van der Waals surface area (Å²) in [5.74, 6) is -1.57. The Labute approximate surface area is 148 Å². The van der Waals surface area contributed by atoms with Crippen molar-refractivity contribution in [1.29, 1.82) is 0 Å². The molecule has 6 nitrogen and oxygen atoms in total.